The van der Waals surface area contributed by atoms with Crippen LogP contribution in [0.5, 0.6) is 0 Å². The number of nitrogens with zero attached hydrogens (tertiary/aromatic N) is 3. The summed E-state index contributed by atoms with van der Waals surface area (Å²) in [7, 11) is 0. The quantitative estimate of drug-likeness (QED) is 0.234. The van der Waals surface area contributed by atoms with Gasteiger partial charge in [0.2, 0.25) is 11.8 Å². The maximum Gasteiger partial charge on any atom is 0.272 e. The Hall–Kier alpha value is -4.62. The minimum Gasteiger partial charge on any atom is -0.274 e. The number of halogens is 1. The number of rotatable bonds is 4. The summed E-state index contributed by atoms with van der Waals surface area (Å²) in [4.78, 5) is 46.5. The smallest absolute Gasteiger partial charge is 0.272 e. The SMILES string of the molecule is O=C(N/N=C\C12c3ccccc3C(c3ccccc31)[C@H]1C(=O)N(c3ccccc3Cl)C(=O)[C@@H]12)c1cccnc1. The van der Waals surface area contributed by atoms with Crippen LogP contribution in [0, 0.1) is 11.8 Å². The molecule has 2 bridgehead atoms. The Morgan fingerprint density at radius 3 is 2.23 bits per heavy atom. The van der Waals surface area contributed by atoms with Crippen molar-refractivity contribution in [3.8, 4) is 0 Å². The maximum absolute atomic E-state index is 14.3. The Morgan fingerprint density at radius 1 is 0.897 bits per heavy atom. The fraction of sp³-hybridized carbons (Fsp3) is 0.129. The van der Waals surface area contributed by atoms with E-state index >= 15 is 0 Å². The molecule has 1 fully saturated rings. The lowest BCUT2D eigenvalue weighted by molar-refractivity contribution is -0.122. The van der Waals surface area contributed by atoms with Gasteiger partial charge < -0.3 is 0 Å². The predicted octanol–water partition coefficient (Wildman–Crippen LogP) is 4.70. The first-order valence-electron chi connectivity index (χ1n) is 12.6. The molecule has 1 aromatic heterocycles. The number of anilines is 1. The van der Waals surface area contributed by atoms with Crippen LogP contribution in [0.4, 0.5) is 5.69 Å². The second-order valence-corrected chi connectivity index (χ2v) is 10.3. The van der Waals surface area contributed by atoms with E-state index < -0.39 is 23.2 Å². The van der Waals surface area contributed by atoms with E-state index in [4.69, 9.17) is 11.6 Å². The molecule has 39 heavy (non-hydrogen) atoms. The lowest BCUT2D eigenvalue weighted by atomic mass is 9.47. The number of hydrogen-bond acceptors (Lipinski definition) is 5. The first-order chi connectivity index (χ1) is 19.0. The van der Waals surface area contributed by atoms with Crippen LogP contribution in [0.3, 0.4) is 0 Å². The third kappa shape index (κ3) is 3.20. The van der Waals surface area contributed by atoms with E-state index in [0.29, 0.717) is 16.3 Å². The largest absolute Gasteiger partial charge is 0.274 e. The molecule has 0 radical (unpaired) electrons. The van der Waals surface area contributed by atoms with Crippen molar-refractivity contribution in [2.75, 3.05) is 4.90 Å². The van der Waals surface area contributed by atoms with E-state index in [9.17, 15) is 14.4 Å². The highest BCUT2D eigenvalue weighted by Gasteiger charge is 2.68. The van der Waals surface area contributed by atoms with Gasteiger partial charge in [0.05, 0.1) is 33.5 Å². The van der Waals surface area contributed by atoms with Gasteiger partial charge >= 0.3 is 0 Å². The van der Waals surface area contributed by atoms with Crippen molar-refractivity contribution < 1.29 is 14.4 Å². The number of hydrogen-bond donors (Lipinski definition) is 1. The molecule has 190 valence electrons. The second kappa shape index (κ2) is 8.71. The third-order valence-electron chi connectivity index (χ3n) is 8.14. The van der Waals surface area contributed by atoms with Gasteiger partial charge in [-0.15, -0.1) is 0 Å². The van der Waals surface area contributed by atoms with Crippen LogP contribution >= 0.6 is 11.6 Å². The number of carbonyl (C=O) groups excluding carboxylic acids is 3. The zero-order valence-corrected chi connectivity index (χ0v) is 21.2. The predicted molar refractivity (Wildman–Crippen MR) is 147 cm³/mol. The minimum absolute atomic E-state index is 0.288. The van der Waals surface area contributed by atoms with Crippen LogP contribution in [0.15, 0.2) is 102 Å². The van der Waals surface area contributed by atoms with Crippen LogP contribution in [0.1, 0.15) is 38.5 Å². The fourth-order valence-electron chi connectivity index (χ4n) is 6.67. The van der Waals surface area contributed by atoms with Crippen molar-refractivity contribution in [1.29, 1.82) is 0 Å². The van der Waals surface area contributed by atoms with E-state index in [-0.39, 0.29) is 17.7 Å². The van der Waals surface area contributed by atoms with E-state index in [0.717, 1.165) is 22.3 Å². The molecule has 1 aliphatic heterocycles. The molecule has 0 spiro atoms. The highest BCUT2D eigenvalue weighted by atomic mass is 35.5. The van der Waals surface area contributed by atoms with Crippen molar-refractivity contribution in [1.82, 2.24) is 10.4 Å². The van der Waals surface area contributed by atoms with Crippen LogP contribution in [-0.4, -0.2) is 28.9 Å². The molecule has 8 rings (SSSR count). The molecule has 7 nitrogen and oxygen atoms in total. The number of pyridine rings is 1. The summed E-state index contributed by atoms with van der Waals surface area (Å²) >= 11 is 6.49. The number of aromatic nitrogens is 1. The summed E-state index contributed by atoms with van der Waals surface area (Å²) < 4.78 is 0. The number of carbonyl (C=O) groups is 3. The van der Waals surface area contributed by atoms with Crippen LogP contribution in [0.25, 0.3) is 0 Å². The molecule has 3 aliphatic carbocycles. The van der Waals surface area contributed by atoms with Crippen molar-refractivity contribution in [2.24, 2.45) is 16.9 Å². The molecular formula is C31H21ClN4O3. The Bertz CT molecular complexity index is 1660. The summed E-state index contributed by atoms with van der Waals surface area (Å²) in [5, 5.41) is 4.74. The normalized spacial score (nSPS) is 24.4. The van der Waals surface area contributed by atoms with E-state index in [1.54, 1.807) is 48.8 Å². The molecule has 8 heteroatoms. The van der Waals surface area contributed by atoms with Crippen molar-refractivity contribution in [3.63, 3.8) is 0 Å². The summed E-state index contributed by atoms with van der Waals surface area (Å²) in [6.45, 7) is 0. The van der Waals surface area contributed by atoms with Crippen molar-refractivity contribution in [3.05, 3.63) is 130 Å². The van der Waals surface area contributed by atoms with Crippen LogP contribution < -0.4 is 10.3 Å². The minimum atomic E-state index is -1.09. The topological polar surface area (TPSA) is 91.7 Å². The van der Waals surface area contributed by atoms with Crippen LogP contribution in [-0.2, 0) is 15.0 Å². The van der Waals surface area contributed by atoms with Gasteiger partial charge in [-0.1, -0.05) is 72.3 Å². The van der Waals surface area contributed by atoms with E-state index in [1.807, 2.05) is 48.5 Å². The van der Waals surface area contributed by atoms with E-state index in [2.05, 4.69) is 15.5 Å². The summed E-state index contributed by atoms with van der Waals surface area (Å²) in [5.74, 6) is -2.77. The Labute approximate surface area is 229 Å². The summed E-state index contributed by atoms with van der Waals surface area (Å²) in [6.07, 6.45) is 4.67. The van der Waals surface area contributed by atoms with Crippen LogP contribution in [0.2, 0.25) is 5.02 Å². The van der Waals surface area contributed by atoms with Gasteiger partial charge in [-0.05, 0) is 46.5 Å². The molecule has 2 atom stereocenters. The van der Waals surface area contributed by atoms with E-state index in [1.165, 1.54) is 11.1 Å². The number of hydrazone groups is 1. The fourth-order valence-corrected chi connectivity index (χ4v) is 6.89. The summed E-state index contributed by atoms with van der Waals surface area (Å²) in [6, 6.07) is 25.9. The van der Waals surface area contributed by atoms with Crippen molar-refractivity contribution in [2.45, 2.75) is 11.3 Å². The average molecular weight is 533 g/mol. The van der Waals surface area contributed by atoms with Crippen molar-refractivity contribution >= 4 is 41.2 Å². The van der Waals surface area contributed by atoms with Gasteiger partial charge in [-0.2, -0.15) is 5.10 Å². The highest BCUT2D eigenvalue weighted by Crippen LogP contribution is 2.63. The highest BCUT2D eigenvalue weighted by molar-refractivity contribution is 6.36. The first-order valence-corrected chi connectivity index (χ1v) is 13.0. The monoisotopic (exact) mass is 532 g/mol. The average Bonchev–Trinajstić information content (AvgIpc) is 3.24. The molecule has 1 saturated heterocycles. The molecule has 3 amide bonds. The Balaban J connectivity index is 1.43. The molecule has 1 N–H and O–H groups in total. The molecule has 0 unspecified atom stereocenters. The zero-order chi connectivity index (χ0) is 26.7. The number of nitrogens with one attached hydrogen (secondary N) is 1. The number of para-hydroxylation sites is 1. The van der Waals surface area contributed by atoms with Gasteiger partial charge in [0.1, 0.15) is 0 Å². The first kappa shape index (κ1) is 23.5. The molecule has 3 aromatic carbocycles. The molecule has 2 heterocycles. The lowest BCUT2D eigenvalue weighted by Crippen LogP contribution is -2.54. The molecule has 0 saturated carbocycles. The summed E-state index contributed by atoms with van der Waals surface area (Å²) in [5.41, 5.74) is 5.99. The standard InChI is InChI=1S/C31H21ClN4O3/c32-23-13-5-6-14-24(23)36-29(38)26-25-19-9-1-3-11-21(19)31(27(26)30(36)39,22-12-4-2-10-20(22)25)17-34-35-28(37)18-8-7-15-33-16-18/h1-17,25-27H,(H,35,37)/b34-17-/t25?,26-,27-,31?/m1/s1. The van der Waals surface area contributed by atoms with Gasteiger partial charge in [0.25, 0.3) is 5.91 Å². The Morgan fingerprint density at radius 2 is 1.56 bits per heavy atom. The molecular weight excluding hydrogens is 512 g/mol. The number of imide groups is 1. The third-order valence-corrected chi connectivity index (χ3v) is 8.45. The second-order valence-electron chi connectivity index (χ2n) is 9.93. The van der Waals surface area contributed by atoms with Gasteiger partial charge in [0.15, 0.2) is 0 Å². The molecule has 4 aliphatic rings. The van der Waals surface area contributed by atoms with Gasteiger partial charge in [-0.3, -0.25) is 19.4 Å². The Kier molecular flexibility index (Phi) is 5.25. The zero-order valence-electron chi connectivity index (χ0n) is 20.5. The molecule has 4 aromatic rings. The lowest BCUT2D eigenvalue weighted by Gasteiger charge is -2.52. The maximum atomic E-state index is 14.3. The number of amides is 3. The van der Waals surface area contributed by atoms with Gasteiger partial charge in [-0.25, -0.2) is 10.3 Å². The number of benzene rings is 3. The van der Waals surface area contributed by atoms with Gasteiger partial charge in [0, 0.05) is 24.5 Å².